The molecule has 0 bridgehead atoms. The number of guanidine groups is 2. The highest BCUT2D eigenvalue weighted by atomic mass is 16.4. The van der Waals surface area contributed by atoms with Crippen molar-refractivity contribution in [3.63, 3.8) is 0 Å². The first-order chi connectivity index (χ1) is 54.8. The number of benzene rings is 2. The van der Waals surface area contributed by atoms with Crippen LogP contribution in [0.1, 0.15) is 131 Å². The van der Waals surface area contributed by atoms with E-state index in [-0.39, 0.29) is 82.1 Å². The normalized spacial score (nSPS) is 15.4. The van der Waals surface area contributed by atoms with Crippen molar-refractivity contribution in [2.24, 2.45) is 62.3 Å². The summed E-state index contributed by atoms with van der Waals surface area (Å²) in [6, 6.07) is -5.06. The first-order valence-electron chi connectivity index (χ1n) is 38.2. The van der Waals surface area contributed by atoms with Gasteiger partial charge in [0.25, 0.3) is 0 Å². The Balaban J connectivity index is 1.60. The molecule has 0 fully saturated rings. The molecule has 4 aromatic rings. The number of para-hydroxylation sites is 1. The summed E-state index contributed by atoms with van der Waals surface area (Å²) in [6.45, 7) is 12.0. The lowest BCUT2D eigenvalue weighted by molar-refractivity contribution is -0.143. The summed E-state index contributed by atoms with van der Waals surface area (Å²) in [4.78, 5) is 214. The molecule has 0 aliphatic heterocycles. The minimum absolute atomic E-state index is 0.0267. The van der Waals surface area contributed by atoms with E-state index < -0.39 is 217 Å². The van der Waals surface area contributed by atoms with Gasteiger partial charge in [0, 0.05) is 54.9 Å². The molecule has 29 N–H and O–H groups in total. The number of hydrogen-bond donors (Lipinski definition) is 24. The smallest absolute Gasteiger partial charge is 0.328 e. The molecular formula is C75H116N22O19. The average molecular weight is 1630 g/mol. The summed E-state index contributed by atoms with van der Waals surface area (Å²) in [5.74, 6) is -18.5. The van der Waals surface area contributed by atoms with Crippen molar-refractivity contribution < 1.29 is 92.7 Å². The number of aliphatic carboxylic acids is 2. The molecule has 41 nitrogen and oxygen atoms in total. The molecule has 0 saturated carbocycles. The summed E-state index contributed by atoms with van der Waals surface area (Å²) >= 11 is 0. The van der Waals surface area contributed by atoms with Gasteiger partial charge < -0.3 is 128 Å². The number of aliphatic hydroxyl groups excluding tert-OH is 3. The van der Waals surface area contributed by atoms with Gasteiger partial charge >= 0.3 is 11.9 Å². The van der Waals surface area contributed by atoms with Crippen LogP contribution in [0.3, 0.4) is 0 Å². The van der Waals surface area contributed by atoms with Gasteiger partial charge in [-0.2, -0.15) is 0 Å². The number of aromatic amines is 2. The van der Waals surface area contributed by atoms with E-state index in [4.69, 9.17) is 28.7 Å². The Morgan fingerprint density at radius 2 is 0.888 bits per heavy atom. The Hall–Kier alpha value is -11.9. The van der Waals surface area contributed by atoms with Crippen LogP contribution in [0.2, 0.25) is 0 Å². The monoisotopic (exact) mass is 1630 g/mol. The second-order valence-corrected chi connectivity index (χ2v) is 29.2. The van der Waals surface area contributed by atoms with E-state index >= 15 is 0 Å². The van der Waals surface area contributed by atoms with Crippen molar-refractivity contribution in [2.45, 2.75) is 218 Å². The van der Waals surface area contributed by atoms with E-state index in [1.165, 1.54) is 19.4 Å². The molecule has 0 aliphatic carbocycles. The molecule has 116 heavy (non-hydrogen) atoms. The summed E-state index contributed by atoms with van der Waals surface area (Å²) < 4.78 is 0. The van der Waals surface area contributed by atoms with Crippen LogP contribution in [0.15, 0.2) is 83.3 Å². The zero-order chi connectivity index (χ0) is 86.6. The maximum absolute atomic E-state index is 14.7. The maximum Gasteiger partial charge on any atom is 0.328 e. The molecule has 640 valence electrons. The first kappa shape index (κ1) is 96.5. The third-order valence-corrected chi connectivity index (χ3v) is 19.0. The van der Waals surface area contributed by atoms with Crippen molar-refractivity contribution in [3.05, 3.63) is 90.1 Å². The molecule has 2 aromatic heterocycles. The predicted octanol–water partition coefficient (Wildman–Crippen LogP) is -5.11. The maximum atomic E-state index is 14.7. The van der Waals surface area contributed by atoms with Crippen LogP contribution in [0.25, 0.3) is 10.9 Å². The fourth-order valence-electron chi connectivity index (χ4n) is 12.0. The van der Waals surface area contributed by atoms with Gasteiger partial charge in [-0.15, -0.1) is 0 Å². The van der Waals surface area contributed by atoms with E-state index in [1.807, 2.05) is 24.3 Å². The zero-order valence-electron chi connectivity index (χ0n) is 66.6. The number of aliphatic hydroxyl groups is 3. The fourth-order valence-corrected chi connectivity index (χ4v) is 12.0. The van der Waals surface area contributed by atoms with Crippen LogP contribution in [-0.4, -0.2) is 246 Å². The Bertz CT molecular complexity index is 4000. The van der Waals surface area contributed by atoms with Crippen LogP contribution in [0.5, 0.6) is 0 Å². The van der Waals surface area contributed by atoms with Crippen molar-refractivity contribution in [2.75, 3.05) is 26.3 Å². The number of rotatable bonds is 51. The number of H-pyrrole nitrogens is 2. The van der Waals surface area contributed by atoms with Crippen LogP contribution in [0.4, 0.5) is 0 Å². The highest BCUT2D eigenvalue weighted by Crippen LogP contribution is 2.20. The highest BCUT2D eigenvalue weighted by molar-refractivity contribution is 6.01. The minimum atomic E-state index is -2.01. The number of hydrogen-bond acceptors (Lipinski definition) is 21. The topological polar surface area (TPSA) is 684 Å². The summed E-state index contributed by atoms with van der Waals surface area (Å²) in [5.41, 5.74) is 30.8. The van der Waals surface area contributed by atoms with Crippen molar-refractivity contribution >= 4 is 106 Å². The minimum Gasteiger partial charge on any atom is -0.481 e. The number of nitrogens with zero attached hydrogens (tertiary/aromatic N) is 3. The van der Waals surface area contributed by atoms with E-state index in [9.17, 15) is 92.7 Å². The molecule has 0 aliphatic rings. The van der Waals surface area contributed by atoms with Gasteiger partial charge in [0.1, 0.15) is 72.5 Å². The van der Waals surface area contributed by atoms with Gasteiger partial charge in [0.15, 0.2) is 11.9 Å². The number of carboxylic acid groups (broad SMARTS) is 2. The largest absolute Gasteiger partial charge is 0.481 e. The quantitative estimate of drug-likeness (QED) is 0.0112. The van der Waals surface area contributed by atoms with Gasteiger partial charge in [-0.1, -0.05) is 117 Å². The van der Waals surface area contributed by atoms with Gasteiger partial charge in [0.05, 0.1) is 38.1 Å². The fraction of sp³-hybridized carbons (Fsp3) is 0.560. The summed E-state index contributed by atoms with van der Waals surface area (Å²) in [6.07, 6.45) is 0.947. The number of carbonyl (C=O) groups is 14. The van der Waals surface area contributed by atoms with Crippen LogP contribution >= 0.6 is 0 Å². The number of nitrogens with two attached hydrogens (primary N) is 5. The molecule has 0 radical (unpaired) electrons. The van der Waals surface area contributed by atoms with Crippen LogP contribution in [0, 0.1) is 23.7 Å². The molecule has 0 spiro atoms. The van der Waals surface area contributed by atoms with Crippen molar-refractivity contribution in [3.8, 4) is 0 Å². The molecule has 0 unspecified atom stereocenters. The molecular weight excluding hydrogens is 1510 g/mol. The zero-order valence-corrected chi connectivity index (χ0v) is 66.6. The third kappa shape index (κ3) is 31.8. The third-order valence-electron chi connectivity index (χ3n) is 19.0. The first-order valence-corrected chi connectivity index (χ1v) is 38.2. The molecule has 4 rings (SSSR count). The highest BCUT2D eigenvalue weighted by Gasteiger charge is 2.40. The van der Waals surface area contributed by atoms with E-state index in [1.54, 1.807) is 91.9 Å². The SMILES string of the molecule is CC[C@H](C)[C@H](NC(=O)[C@H](Cc1ccccc1)NC(=O)[C@H](CCCN=C(N)N)NC(=O)[C@H](CC(C)C)NC(=O)[C@H](CC(=O)O)NC(=O)[C@H](Cc1cnc[nH]1)NC(=O)[C@@H](NC(=O)[C@H](CO)NC(=O)[C@H](CCCN=C(N)N)NC(=O)[C@@H](NC(=O)[C@@H](NC(=O)[C@@H](N)Cc1c[nH]c2ccccc12)[C@@H](C)O)C(C)C)[C@@H](C)CC)C(=O)N[C@@H](CO)C(=O)O. The number of aromatic nitrogens is 3. The second-order valence-electron chi connectivity index (χ2n) is 29.2. The van der Waals surface area contributed by atoms with Gasteiger partial charge in [0.2, 0.25) is 70.9 Å². The predicted molar refractivity (Wildman–Crippen MR) is 424 cm³/mol. The number of carbonyl (C=O) groups excluding carboxylic acids is 12. The van der Waals surface area contributed by atoms with Crippen LogP contribution < -0.4 is 92.5 Å². The average Bonchev–Trinajstić information content (AvgIpc) is 1.65. The van der Waals surface area contributed by atoms with Gasteiger partial charge in [-0.05, 0) is 86.3 Å². The number of nitrogens with one attached hydrogen (secondary N) is 14. The lowest BCUT2D eigenvalue weighted by Gasteiger charge is -2.30. The number of imidazole rings is 1. The number of carboxylic acids is 2. The lowest BCUT2D eigenvalue weighted by Crippen LogP contribution is -2.63. The molecule has 16 atom stereocenters. The van der Waals surface area contributed by atoms with Crippen molar-refractivity contribution in [1.82, 2.24) is 78.8 Å². The van der Waals surface area contributed by atoms with E-state index in [0.717, 1.165) is 10.9 Å². The number of aliphatic imine (C=N–C) groups is 2. The summed E-state index contributed by atoms with van der Waals surface area (Å²) in [7, 11) is 0. The number of amides is 12. The molecule has 2 heterocycles. The van der Waals surface area contributed by atoms with Crippen molar-refractivity contribution in [1.29, 1.82) is 0 Å². The number of fused-ring (bicyclic) bond motifs is 1. The molecule has 12 amide bonds. The molecule has 2 aromatic carbocycles. The van der Waals surface area contributed by atoms with E-state index in [2.05, 4.69) is 88.7 Å². The van der Waals surface area contributed by atoms with E-state index in [0.29, 0.717) is 17.5 Å². The lowest BCUT2D eigenvalue weighted by atomic mass is 9.96. The Labute approximate surface area is 670 Å². The second kappa shape index (κ2) is 48.4. The van der Waals surface area contributed by atoms with Gasteiger partial charge in [-0.3, -0.25) is 72.3 Å². The molecule has 41 heteroatoms. The Kier molecular flexibility index (Phi) is 40.3. The van der Waals surface area contributed by atoms with Gasteiger partial charge in [-0.25, -0.2) is 9.78 Å². The Morgan fingerprint density at radius 3 is 1.39 bits per heavy atom. The standard InChI is InChI=1S/C75H116N22O19/c1-10-39(7)58(96-68(110)54(34-98)92-63(105)49(24-18-26-83-75(79)80)87-69(111)57(38(5)6)94-72(114)60(41(9)100)97-61(103)46(76)29-43-32-84-47-22-16-15-21-45(43)47)70(112)91-52(30-44-33-81-36-85-44)65(107)90-53(31-56(101)102)66(108)88-50(27-37(3)4)64(106)86-48(23-17-25-82-74(77)78)62(104)89-51(28-42-19-13-12-14-20-42)67(109)95-59(40(8)11-2)71(113)93-55(35-99)73(115)116/h12-16,19-22,32-33,36-41,46,48-55,57-60,84,98-100H,10-11,17-18,23-31,34-35,76H2,1-9H3,(H,81,85)(H,86,106)(H,87,111)(H,88,108)(H,89,104)(H,90,107)(H,91,112)(H,92,105)(H,93,113)(H,94,114)(H,95,109)(H,96,110)(H,97,103)(H,101,102)(H,115,116)(H4,77,78,82)(H4,79,80,83)/t39-,40-,41+,46-,48-,49-,50-,51-,52-,53-,54-,55-,57-,58-,59-,60-/m0/s1. The summed E-state index contributed by atoms with van der Waals surface area (Å²) in [5, 5.41) is 81.7. The van der Waals surface area contributed by atoms with Crippen LogP contribution in [-0.2, 0) is 86.4 Å². The Morgan fingerprint density at radius 1 is 0.466 bits per heavy atom. The molecule has 0 saturated heterocycles.